The number of hydrogen-bond acceptors (Lipinski definition) is 6. The van der Waals surface area contributed by atoms with Crippen LogP contribution in [0.5, 0.6) is 0 Å². The molecule has 1 aliphatic heterocycles. The molecule has 0 saturated carbocycles. The van der Waals surface area contributed by atoms with Crippen molar-refractivity contribution in [1.29, 1.82) is 0 Å². The van der Waals surface area contributed by atoms with Gasteiger partial charge in [-0.1, -0.05) is 47.5 Å². The van der Waals surface area contributed by atoms with Crippen molar-refractivity contribution in [2.45, 2.75) is 6.04 Å². The number of benzene rings is 3. The van der Waals surface area contributed by atoms with Gasteiger partial charge >= 0.3 is 0 Å². The Kier molecular flexibility index (Phi) is 7.25. The summed E-state index contributed by atoms with van der Waals surface area (Å²) in [7, 11) is 0. The van der Waals surface area contributed by atoms with Crippen LogP contribution in [0, 0.1) is 10.1 Å². The molecule has 1 amide bonds. The first kappa shape index (κ1) is 25.2. The fourth-order valence-electron chi connectivity index (χ4n) is 3.65. The summed E-state index contributed by atoms with van der Waals surface area (Å²) in [5.74, 6) is 0.0220. The molecule has 1 aromatic heterocycles. The number of halogens is 3. The molecule has 2 heterocycles. The number of aromatic nitrogens is 3. The third-order valence-electron chi connectivity index (χ3n) is 5.40. The van der Waals surface area contributed by atoms with Gasteiger partial charge in [-0.05, 0) is 53.6 Å². The van der Waals surface area contributed by atoms with Crippen molar-refractivity contribution in [3.63, 3.8) is 0 Å². The quantitative estimate of drug-likeness (QED) is 0.228. The van der Waals surface area contributed by atoms with E-state index in [1.54, 1.807) is 28.9 Å². The molecule has 36 heavy (non-hydrogen) atoms. The zero-order valence-corrected chi connectivity index (χ0v) is 20.6. The lowest BCUT2D eigenvalue weighted by Crippen LogP contribution is -2.20. The number of nitrogens with zero attached hydrogens (tertiary/aromatic N) is 4. The molecule has 5 rings (SSSR count). The smallest absolute Gasteiger partial charge is 0.269 e. The van der Waals surface area contributed by atoms with Crippen LogP contribution in [0.25, 0.3) is 5.70 Å². The summed E-state index contributed by atoms with van der Waals surface area (Å²) in [4.78, 5) is 27.5. The van der Waals surface area contributed by atoms with E-state index in [1.165, 1.54) is 24.3 Å². The lowest BCUT2D eigenvalue weighted by molar-refractivity contribution is -0.384. The maximum Gasteiger partial charge on any atom is 0.269 e. The summed E-state index contributed by atoms with van der Waals surface area (Å²) in [6, 6.07) is 19.7. The Bertz CT molecular complexity index is 1450. The summed E-state index contributed by atoms with van der Waals surface area (Å²) in [6.07, 6.45) is 2.00. The van der Waals surface area contributed by atoms with E-state index in [9.17, 15) is 14.9 Å². The summed E-state index contributed by atoms with van der Waals surface area (Å²) >= 11 is 12.1. The molecule has 182 valence electrons. The highest BCUT2D eigenvalue weighted by Crippen LogP contribution is 2.34. The standard InChI is InChI=1S/C24H16Cl2N6O3.ClH/c25-17-7-1-14(2-8-17)20-13-21(15-3-9-18(26)10-4-15)31-24(27-20)29-23(30-31)28-22(33)16-5-11-19(12-6-16)32(34)35;/h1-13,21H,(H2,27,28,29,30,33);1H. The molecule has 9 nitrogen and oxygen atoms in total. The van der Waals surface area contributed by atoms with E-state index in [0.29, 0.717) is 16.0 Å². The average Bonchev–Trinajstić information content (AvgIpc) is 3.27. The van der Waals surface area contributed by atoms with E-state index < -0.39 is 10.8 Å². The van der Waals surface area contributed by atoms with Gasteiger partial charge in [0.15, 0.2) is 0 Å². The summed E-state index contributed by atoms with van der Waals surface area (Å²) in [5, 5.41) is 22.5. The molecule has 4 aromatic rings. The molecule has 0 saturated heterocycles. The van der Waals surface area contributed by atoms with Crippen molar-refractivity contribution in [2.24, 2.45) is 0 Å². The van der Waals surface area contributed by atoms with E-state index in [1.807, 2.05) is 30.3 Å². The van der Waals surface area contributed by atoms with Crippen LogP contribution in [0.2, 0.25) is 10.0 Å². The normalized spacial score (nSPS) is 14.1. The zero-order chi connectivity index (χ0) is 24.5. The number of allylic oxidation sites excluding steroid dienone is 1. The molecule has 3 aromatic carbocycles. The first-order chi connectivity index (χ1) is 16.9. The lowest BCUT2D eigenvalue weighted by atomic mass is 10.0. The number of hydrogen-bond donors (Lipinski definition) is 2. The average molecular weight is 544 g/mol. The van der Waals surface area contributed by atoms with E-state index in [4.69, 9.17) is 23.2 Å². The van der Waals surface area contributed by atoms with Gasteiger partial charge in [-0.15, -0.1) is 17.5 Å². The van der Waals surface area contributed by atoms with Crippen LogP contribution in [0.4, 0.5) is 17.6 Å². The van der Waals surface area contributed by atoms with Gasteiger partial charge in [-0.25, -0.2) is 4.68 Å². The second-order valence-corrected chi connectivity index (χ2v) is 8.54. The van der Waals surface area contributed by atoms with E-state index in [-0.39, 0.29) is 35.6 Å². The number of nitrogens with one attached hydrogen (secondary N) is 2. The van der Waals surface area contributed by atoms with Crippen LogP contribution in [0.3, 0.4) is 0 Å². The van der Waals surface area contributed by atoms with Gasteiger partial charge < -0.3 is 5.32 Å². The van der Waals surface area contributed by atoms with Crippen LogP contribution in [0.1, 0.15) is 27.5 Å². The van der Waals surface area contributed by atoms with Crippen LogP contribution in [0.15, 0.2) is 78.9 Å². The highest BCUT2D eigenvalue weighted by Gasteiger charge is 2.26. The number of carbonyl (C=O) groups is 1. The predicted octanol–water partition coefficient (Wildman–Crippen LogP) is 6.22. The Hall–Kier alpha value is -3.92. The van der Waals surface area contributed by atoms with Crippen LogP contribution < -0.4 is 10.6 Å². The monoisotopic (exact) mass is 542 g/mol. The number of nitro benzene ring substituents is 1. The fourth-order valence-corrected chi connectivity index (χ4v) is 3.90. The zero-order valence-electron chi connectivity index (χ0n) is 18.3. The fraction of sp³-hybridized carbons (Fsp3) is 0.0417. The minimum absolute atomic E-state index is 0. The van der Waals surface area contributed by atoms with Crippen molar-refractivity contribution in [3.8, 4) is 0 Å². The highest BCUT2D eigenvalue weighted by molar-refractivity contribution is 6.30. The third-order valence-corrected chi connectivity index (χ3v) is 5.90. The third kappa shape index (κ3) is 5.18. The molecule has 0 radical (unpaired) electrons. The Morgan fingerprint density at radius 1 is 0.972 bits per heavy atom. The molecular weight excluding hydrogens is 527 g/mol. The number of nitro groups is 1. The number of anilines is 2. The molecule has 1 aliphatic rings. The molecule has 12 heteroatoms. The molecular formula is C24H17Cl3N6O3. The minimum Gasteiger partial charge on any atom is -0.324 e. The van der Waals surface area contributed by atoms with Crippen molar-refractivity contribution in [1.82, 2.24) is 14.8 Å². The molecule has 0 bridgehead atoms. The van der Waals surface area contributed by atoms with Crippen molar-refractivity contribution < 1.29 is 9.72 Å². The van der Waals surface area contributed by atoms with Gasteiger partial charge in [0.25, 0.3) is 17.5 Å². The maximum absolute atomic E-state index is 12.7. The Morgan fingerprint density at radius 3 is 2.19 bits per heavy atom. The van der Waals surface area contributed by atoms with Gasteiger partial charge in [0.2, 0.25) is 5.95 Å². The SMILES string of the molecule is Cl.O=C(Nc1nc2n(n1)C(c1ccc(Cl)cc1)C=C(c1ccc(Cl)cc1)N2)c1ccc([N+](=O)[O-])cc1. The Morgan fingerprint density at radius 2 is 1.58 bits per heavy atom. The van der Waals surface area contributed by atoms with Gasteiger partial charge in [0.05, 0.1) is 4.92 Å². The minimum atomic E-state index is -0.527. The van der Waals surface area contributed by atoms with Gasteiger partial charge in [0, 0.05) is 33.4 Å². The molecule has 0 spiro atoms. The molecule has 0 aliphatic carbocycles. The van der Waals surface area contributed by atoms with Crippen molar-refractivity contribution in [3.05, 3.63) is 116 Å². The molecule has 0 fully saturated rings. The van der Waals surface area contributed by atoms with Crippen molar-refractivity contribution >= 4 is 64.8 Å². The number of non-ortho nitro benzene ring substituents is 1. The molecule has 1 unspecified atom stereocenters. The first-order valence-electron chi connectivity index (χ1n) is 10.4. The summed E-state index contributed by atoms with van der Waals surface area (Å²) < 4.78 is 1.66. The number of carbonyl (C=O) groups excluding carboxylic acids is 1. The van der Waals surface area contributed by atoms with Gasteiger partial charge in [0.1, 0.15) is 6.04 Å². The van der Waals surface area contributed by atoms with E-state index in [2.05, 4.69) is 20.7 Å². The van der Waals surface area contributed by atoms with E-state index in [0.717, 1.165) is 16.8 Å². The maximum atomic E-state index is 12.7. The highest BCUT2D eigenvalue weighted by atomic mass is 35.5. The first-order valence-corrected chi connectivity index (χ1v) is 11.2. The van der Waals surface area contributed by atoms with Gasteiger partial charge in [-0.3, -0.25) is 20.2 Å². The largest absolute Gasteiger partial charge is 0.324 e. The lowest BCUT2D eigenvalue weighted by Gasteiger charge is -2.24. The number of amides is 1. The topological polar surface area (TPSA) is 115 Å². The van der Waals surface area contributed by atoms with Gasteiger partial charge in [-0.2, -0.15) is 4.98 Å². The molecule has 1 atom stereocenters. The second-order valence-electron chi connectivity index (χ2n) is 7.67. The predicted molar refractivity (Wildman–Crippen MR) is 141 cm³/mol. The Balaban J connectivity index is 0.00000304. The van der Waals surface area contributed by atoms with Crippen LogP contribution >= 0.6 is 35.6 Å². The van der Waals surface area contributed by atoms with Crippen LogP contribution in [-0.2, 0) is 0 Å². The van der Waals surface area contributed by atoms with E-state index >= 15 is 0 Å². The Labute approximate surface area is 221 Å². The van der Waals surface area contributed by atoms with Crippen LogP contribution in [-0.4, -0.2) is 25.6 Å². The summed E-state index contributed by atoms with van der Waals surface area (Å²) in [5.41, 5.74) is 2.76. The summed E-state index contributed by atoms with van der Waals surface area (Å²) in [6.45, 7) is 0. The second kappa shape index (κ2) is 10.4. The number of rotatable bonds is 5. The van der Waals surface area contributed by atoms with Crippen molar-refractivity contribution in [2.75, 3.05) is 10.6 Å². The number of fused-ring (bicyclic) bond motifs is 1. The molecule has 2 N–H and O–H groups in total.